The predicted molar refractivity (Wildman–Crippen MR) is 128 cm³/mol. The molecule has 2 aromatic carbocycles. The summed E-state index contributed by atoms with van der Waals surface area (Å²) in [5, 5.41) is 3.27. The number of benzene rings is 2. The number of anilines is 4. The van der Waals surface area contributed by atoms with Crippen molar-refractivity contribution in [3.8, 4) is 5.75 Å². The van der Waals surface area contributed by atoms with Crippen LogP contribution in [0, 0.1) is 13.8 Å². The Balaban J connectivity index is 1.49. The van der Waals surface area contributed by atoms with E-state index in [4.69, 9.17) is 9.47 Å². The summed E-state index contributed by atoms with van der Waals surface area (Å²) >= 11 is 0. The third-order valence-corrected chi connectivity index (χ3v) is 6.58. The minimum Gasteiger partial charge on any atom is -0.495 e. The highest BCUT2D eigenvalue weighted by atomic mass is 32.2. The highest BCUT2D eigenvalue weighted by Crippen LogP contribution is 2.28. The number of sulfonamides is 1. The van der Waals surface area contributed by atoms with Crippen LogP contribution >= 0.6 is 0 Å². The van der Waals surface area contributed by atoms with Gasteiger partial charge in [0.05, 0.1) is 20.3 Å². The van der Waals surface area contributed by atoms with E-state index in [0.29, 0.717) is 36.3 Å². The molecule has 0 radical (unpaired) electrons. The van der Waals surface area contributed by atoms with Crippen molar-refractivity contribution in [1.82, 2.24) is 9.97 Å². The molecule has 2 heterocycles. The summed E-state index contributed by atoms with van der Waals surface area (Å²) in [5.74, 6) is 2.48. The summed E-state index contributed by atoms with van der Waals surface area (Å²) in [5.41, 5.74) is 2.04. The molecule has 1 aliphatic rings. The van der Waals surface area contributed by atoms with Crippen molar-refractivity contribution < 1.29 is 17.9 Å². The third-order valence-electron chi connectivity index (χ3n) is 5.18. The molecule has 4 rings (SSSR count). The molecule has 0 amide bonds. The van der Waals surface area contributed by atoms with Gasteiger partial charge in [0.15, 0.2) is 0 Å². The van der Waals surface area contributed by atoms with Crippen molar-refractivity contribution in [2.24, 2.45) is 0 Å². The first-order valence-corrected chi connectivity index (χ1v) is 12.1. The van der Waals surface area contributed by atoms with Crippen LogP contribution in [0.4, 0.5) is 23.0 Å². The predicted octanol–water partition coefficient (Wildman–Crippen LogP) is 3.48. The fourth-order valence-corrected chi connectivity index (χ4v) is 4.86. The molecule has 1 saturated heterocycles. The molecule has 0 atom stereocenters. The average molecular weight is 470 g/mol. The normalized spacial score (nSPS) is 14.1. The lowest BCUT2D eigenvalue weighted by molar-refractivity contribution is 0.122. The van der Waals surface area contributed by atoms with Gasteiger partial charge in [0.25, 0.3) is 10.0 Å². The van der Waals surface area contributed by atoms with Gasteiger partial charge >= 0.3 is 0 Å². The Morgan fingerprint density at radius 1 is 0.970 bits per heavy atom. The van der Waals surface area contributed by atoms with Gasteiger partial charge in [0.2, 0.25) is 0 Å². The highest BCUT2D eigenvalue weighted by Gasteiger charge is 2.20. The number of hydrogen-bond donors (Lipinski definition) is 2. The standard InChI is InChI=1S/C23H27N5O4S/c1-16-4-9-20(31-3)21(14-16)33(29,30)27-19-7-5-18(6-8-19)26-22-15-23(25-17(2)24-22)28-10-12-32-13-11-28/h4-9,14-15,27H,10-13H2,1-3H3,(H,24,25,26). The molecule has 1 aliphatic heterocycles. The third kappa shape index (κ3) is 5.52. The summed E-state index contributed by atoms with van der Waals surface area (Å²) in [6, 6.07) is 13.9. The quantitative estimate of drug-likeness (QED) is 0.542. The Bertz CT molecular complexity index is 1230. The van der Waals surface area contributed by atoms with Gasteiger partial charge in [-0.1, -0.05) is 6.07 Å². The summed E-state index contributed by atoms with van der Waals surface area (Å²) in [7, 11) is -2.36. The number of nitrogens with one attached hydrogen (secondary N) is 2. The average Bonchev–Trinajstić information content (AvgIpc) is 2.80. The SMILES string of the molecule is COc1ccc(C)cc1S(=O)(=O)Nc1ccc(Nc2cc(N3CCOCC3)nc(C)n2)cc1. The Hall–Kier alpha value is -3.37. The van der Waals surface area contributed by atoms with Crippen molar-refractivity contribution >= 4 is 33.0 Å². The van der Waals surface area contributed by atoms with Gasteiger partial charge < -0.3 is 19.7 Å². The Morgan fingerprint density at radius 3 is 2.36 bits per heavy atom. The Kier molecular flexibility index (Phi) is 6.66. The molecular weight excluding hydrogens is 442 g/mol. The monoisotopic (exact) mass is 469 g/mol. The molecule has 0 unspecified atom stereocenters. The molecular formula is C23H27N5O4S. The van der Waals surface area contributed by atoms with Crippen LogP contribution in [0.2, 0.25) is 0 Å². The molecule has 3 aromatic rings. The number of methoxy groups -OCH3 is 1. The zero-order valence-corrected chi connectivity index (χ0v) is 19.6. The van der Waals surface area contributed by atoms with Crippen molar-refractivity contribution in [2.45, 2.75) is 18.7 Å². The molecule has 9 nitrogen and oxygen atoms in total. The zero-order valence-electron chi connectivity index (χ0n) is 18.8. The topological polar surface area (TPSA) is 106 Å². The molecule has 174 valence electrons. The number of morpholine rings is 1. The van der Waals surface area contributed by atoms with E-state index in [2.05, 4.69) is 24.9 Å². The maximum atomic E-state index is 12.9. The van der Waals surface area contributed by atoms with Crippen molar-refractivity contribution in [3.05, 3.63) is 59.9 Å². The molecule has 0 aliphatic carbocycles. The summed E-state index contributed by atoms with van der Waals surface area (Å²) in [4.78, 5) is 11.3. The van der Waals surface area contributed by atoms with Crippen LogP contribution < -0.4 is 19.7 Å². The number of hydrogen-bond acceptors (Lipinski definition) is 8. The van der Waals surface area contributed by atoms with E-state index in [9.17, 15) is 8.42 Å². The molecule has 0 saturated carbocycles. The first-order chi connectivity index (χ1) is 15.8. The number of aryl methyl sites for hydroxylation is 2. The van der Waals surface area contributed by atoms with E-state index < -0.39 is 10.0 Å². The van der Waals surface area contributed by atoms with Crippen LogP contribution in [0.3, 0.4) is 0 Å². The van der Waals surface area contributed by atoms with Crippen LogP contribution in [-0.4, -0.2) is 51.8 Å². The van der Waals surface area contributed by atoms with E-state index in [1.807, 2.05) is 19.9 Å². The Labute approximate surface area is 193 Å². The molecule has 1 aromatic heterocycles. The second-order valence-corrected chi connectivity index (χ2v) is 9.37. The number of ether oxygens (including phenoxy) is 2. The largest absolute Gasteiger partial charge is 0.495 e. The van der Waals surface area contributed by atoms with Crippen LogP contribution in [0.1, 0.15) is 11.4 Å². The fraction of sp³-hybridized carbons (Fsp3) is 0.304. The lowest BCUT2D eigenvalue weighted by atomic mass is 10.2. The van der Waals surface area contributed by atoms with E-state index in [1.165, 1.54) is 7.11 Å². The van der Waals surface area contributed by atoms with Crippen molar-refractivity contribution in [1.29, 1.82) is 0 Å². The molecule has 0 spiro atoms. The minimum absolute atomic E-state index is 0.0966. The van der Waals surface area contributed by atoms with Crippen molar-refractivity contribution in [3.63, 3.8) is 0 Å². The van der Waals surface area contributed by atoms with Crippen molar-refractivity contribution in [2.75, 3.05) is 48.4 Å². The summed E-state index contributed by atoms with van der Waals surface area (Å²) in [6.45, 7) is 6.62. The van der Waals surface area contributed by atoms with Gasteiger partial charge in [0.1, 0.15) is 28.1 Å². The smallest absolute Gasteiger partial charge is 0.265 e. The van der Waals surface area contributed by atoms with Gasteiger partial charge in [-0.05, 0) is 55.8 Å². The van der Waals surface area contributed by atoms with Crippen LogP contribution in [0.25, 0.3) is 0 Å². The number of aromatic nitrogens is 2. The van der Waals surface area contributed by atoms with Crippen LogP contribution in [-0.2, 0) is 14.8 Å². The molecule has 1 fully saturated rings. The first kappa shape index (κ1) is 22.8. The maximum Gasteiger partial charge on any atom is 0.265 e. The molecule has 0 bridgehead atoms. The van der Waals surface area contributed by atoms with Crippen LogP contribution in [0.5, 0.6) is 5.75 Å². The van der Waals surface area contributed by atoms with Gasteiger partial charge in [-0.15, -0.1) is 0 Å². The zero-order chi connectivity index (χ0) is 23.4. The van der Waals surface area contributed by atoms with Crippen LogP contribution in [0.15, 0.2) is 53.4 Å². The summed E-state index contributed by atoms with van der Waals surface area (Å²) in [6.07, 6.45) is 0. The van der Waals surface area contributed by atoms with E-state index >= 15 is 0 Å². The maximum absolute atomic E-state index is 12.9. The highest BCUT2D eigenvalue weighted by molar-refractivity contribution is 7.92. The molecule has 33 heavy (non-hydrogen) atoms. The molecule has 2 N–H and O–H groups in total. The van der Waals surface area contributed by atoms with Gasteiger partial charge in [-0.3, -0.25) is 4.72 Å². The minimum atomic E-state index is -3.81. The lowest BCUT2D eigenvalue weighted by Crippen LogP contribution is -2.36. The van der Waals surface area contributed by atoms with Gasteiger partial charge in [-0.2, -0.15) is 0 Å². The number of rotatable bonds is 7. The number of nitrogens with zero attached hydrogens (tertiary/aromatic N) is 3. The Morgan fingerprint density at radius 2 is 1.67 bits per heavy atom. The van der Waals surface area contributed by atoms with Gasteiger partial charge in [-0.25, -0.2) is 18.4 Å². The summed E-state index contributed by atoms with van der Waals surface area (Å²) < 4.78 is 39.0. The lowest BCUT2D eigenvalue weighted by Gasteiger charge is -2.28. The van der Waals surface area contributed by atoms with Gasteiger partial charge in [0, 0.05) is 30.5 Å². The fourth-order valence-electron chi connectivity index (χ4n) is 3.54. The van der Waals surface area contributed by atoms with E-state index in [0.717, 1.165) is 30.2 Å². The first-order valence-electron chi connectivity index (χ1n) is 10.6. The van der Waals surface area contributed by atoms with E-state index in [1.54, 1.807) is 42.5 Å². The van der Waals surface area contributed by atoms with E-state index in [-0.39, 0.29) is 4.90 Å². The second-order valence-electron chi connectivity index (χ2n) is 7.72. The molecule has 10 heteroatoms. The second kappa shape index (κ2) is 9.63.